The summed E-state index contributed by atoms with van der Waals surface area (Å²) < 4.78 is 0. The fourth-order valence-corrected chi connectivity index (χ4v) is 3.88. The third-order valence-corrected chi connectivity index (χ3v) is 5.28. The maximum absolute atomic E-state index is 3.54. The summed E-state index contributed by atoms with van der Waals surface area (Å²) in [7, 11) is 0. The van der Waals surface area contributed by atoms with Gasteiger partial charge >= 0.3 is 0 Å². The molecule has 1 unspecified atom stereocenters. The molecular weight excluding hydrogens is 268 g/mol. The summed E-state index contributed by atoms with van der Waals surface area (Å²) in [6, 6.07) is 9.42. The predicted molar refractivity (Wildman–Crippen MR) is 85.5 cm³/mol. The summed E-state index contributed by atoms with van der Waals surface area (Å²) in [4.78, 5) is 2.65. The second-order valence-corrected chi connectivity index (χ2v) is 6.90. The highest BCUT2D eigenvalue weighted by molar-refractivity contribution is 5.85. The minimum Gasteiger partial charge on any atom is -0.316 e. The zero-order valence-electron chi connectivity index (χ0n) is 12.1. The average molecular weight is 293 g/mol. The van der Waals surface area contributed by atoms with Gasteiger partial charge in [0.1, 0.15) is 0 Å². The maximum Gasteiger partial charge on any atom is 0.0233 e. The highest BCUT2D eigenvalue weighted by Crippen LogP contribution is 2.40. The van der Waals surface area contributed by atoms with Gasteiger partial charge in [-0.25, -0.2) is 0 Å². The lowest BCUT2D eigenvalue weighted by Gasteiger charge is -2.22. The first kappa shape index (κ1) is 14.4. The van der Waals surface area contributed by atoms with Gasteiger partial charge in [0, 0.05) is 19.6 Å². The predicted octanol–water partition coefficient (Wildman–Crippen LogP) is 3.17. The zero-order valence-corrected chi connectivity index (χ0v) is 12.9. The highest BCUT2D eigenvalue weighted by Gasteiger charge is 2.39. The van der Waals surface area contributed by atoms with Crippen molar-refractivity contribution in [2.75, 3.05) is 26.2 Å². The number of nitrogens with one attached hydrogen (secondary N) is 1. The number of hydrogen-bond donors (Lipinski definition) is 1. The summed E-state index contributed by atoms with van der Waals surface area (Å²) in [6.07, 6.45) is 5.58. The molecule has 4 rings (SSSR count). The SMILES string of the molecule is Cl.c1cc(C2CC2)ccc1CN1CCC2(CCNC2)C1. The first-order valence-electron chi connectivity index (χ1n) is 7.85. The smallest absolute Gasteiger partial charge is 0.0233 e. The van der Waals surface area contributed by atoms with Crippen LogP contribution >= 0.6 is 12.4 Å². The Balaban J connectivity index is 0.00000121. The molecule has 1 saturated carbocycles. The molecule has 1 spiro atoms. The van der Waals surface area contributed by atoms with Crippen LogP contribution in [0.15, 0.2) is 24.3 Å². The van der Waals surface area contributed by atoms with E-state index >= 15 is 0 Å². The van der Waals surface area contributed by atoms with Crippen molar-refractivity contribution in [1.82, 2.24) is 10.2 Å². The molecule has 110 valence electrons. The molecule has 0 aromatic heterocycles. The summed E-state index contributed by atoms with van der Waals surface area (Å²) in [5, 5.41) is 3.54. The molecule has 3 fully saturated rings. The summed E-state index contributed by atoms with van der Waals surface area (Å²) in [5.41, 5.74) is 3.66. The lowest BCUT2D eigenvalue weighted by molar-refractivity contribution is 0.268. The van der Waals surface area contributed by atoms with Crippen LogP contribution in [0.3, 0.4) is 0 Å². The standard InChI is InChI=1S/C17H24N2.ClH/c1-3-15(16-5-6-16)4-2-14(1)11-19-10-8-17(13-19)7-9-18-12-17;/h1-4,16,18H,5-13H2;1H. The maximum atomic E-state index is 3.54. The van der Waals surface area contributed by atoms with Crippen molar-refractivity contribution in [2.24, 2.45) is 5.41 Å². The Hall–Kier alpha value is -0.570. The van der Waals surface area contributed by atoms with Gasteiger partial charge in [0.05, 0.1) is 0 Å². The van der Waals surface area contributed by atoms with Crippen LogP contribution in [-0.4, -0.2) is 31.1 Å². The van der Waals surface area contributed by atoms with E-state index in [1.165, 1.54) is 57.4 Å². The van der Waals surface area contributed by atoms with Crippen molar-refractivity contribution in [3.8, 4) is 0 Å². The van der Waals surface area contributed by atoms with E-state index < -0.39 is 0 Å². The van der Waals surface area contributed by atoms with Gasteiger partial charge < -0.3 is 5.32 Å². The summed E-state index contributed by atoms with van der Waals surface area (Å²) >= 11 is 0. The quantitative estimate of drug-likeness (QED) is 0.920. The normalized spacial score (nSPS) is 29.8. The minimum atomic E-state index is 0. The van der Waals surface area contributed by atoms with Crippen molar-refractivity contribution >= 4 is 12.4 Å². The summed E-state index contributed by atoms with van der Waals surface area (Å²) in [6.45, 7) is 6.19. The third kappa shape index (κ3) is 2.88. The van der Waals surface area contributed by atoms with Crippen LogP contribution in [0.4, 0.5) is 0 Å². The minimum absolute atomic E-state index is 0. The highest BCUT2D eigenvalue weighted by atomic mass is 35.5. The van der Waals surface area contributed by atoms with Crippen molar-refractivity contribution in [1.29, 1.82) is 0 Å². The van der Waals surface area contributed by atoms with Crippen molar-refractivity contribution in [3.05, 3.63) is 35.4 Å². The molecule has 0 amide bonds. The van der Waals surface area contributed by atoms with E-state index in [2.05, 4.69) is 34.5 Å². The van der Waals surface area contributed by atoms with E-state index in [4.69, 9.17) is 0 Å². The lowest BCUT2D eigenvalue weighted by atomic mass is 9.86. The monoisotopic (exact) mass is 292 g/mol. The van der Waals surface area contributed by atoms with E-state index in [9.17, 15) is 0 Å². The van der Waals surface area contributed by atoms with Gasteiger partial charge in [0.25, 0.3) is 0 Å². The molecule has 2 heterocycles. The number of rotatable bonds is 3. The van der Waals surface area contributed by atoms with Crippen LogP contribution in [0, 0.1) is 5.41 Å². The molecular formula is C17H25ClN2. The Morgan fingerprint density at radius 2 is 1.95 bits per heavy atom. The van der Waals surface area contributed by atoms with Gasteiger partial charge in [-0.05, 0) is 61.2 Å². The van der Waals surface area contributed by atoms with Gasteiger partial charge in [-0.3, -0.25) is 4.90 Å². The fourth-order valence-electron chi connectivity index (χ4n) is 3.88. The van der Waals surface area contributed by atoms with Crippen LogP contribution < -0.4 is 5.32 Å². The number of likely N-dealkylation sites (tertiary alicyclic amines) is 1. The first-order valence-corrected chi connectivity index (χ1v) is 7.85. The Kier molecular flexibility index (Phi) is 4.07. The number of hydrogen-bond acceptors (Lipinski definition) is 2. The number of benzene rings is 1. The van der Waals surface area contributed by atoms with Crippen LogP contribution in [0.1, 0.15) is 42.7 Å². The Bertz CT molecular complexity index is 447. The molecule has 1 aliphatic carbocycles. The molecule has 3 heteroatoms. The van der Waals surface area contributed by atoms with Gasteiger partial charge in [-0.2, -0.15) is 0 Å². The molecule has 0 bridgehead atoms. The third-order valence-electron chi connectivity index (χ3n) is 5.28. The van der Waals surface area contributed by atoms with E-state index in [0.29, 0.717) is 5.41 Å². The molecule has 0 radical (unpaired) electrons. The number of halogens is 1. The second kappa shape index (κ2) is 5.67. The van der Waals surface area contributed by atoms with Crippen LogP contribution in [-0.2, 0) is 6.54 Å². The first-order chi connectivity index (χ1) is 9.33. The van der Waals surface area contributed by atoms with E-state index in [0.717, 1.165) is 12.5 Å². The van der Waals surface area contributed by atoms with Crippen molar-refractivity contribution in [3.63, 3.8) is 0 Å². The fraction of sp³-hybridized carbons (Fsp3) is 0.647. The molecule has 3 aliphatic rings. The molecule has 1 aromatic carbocycles. The molecule has 1 N–H and O–H groups in total. The van der Waals surface area contributed by atoms with Gasteiger partial charge in [0.15, 0.2) is 0 Å². The lowest BCUT2D eigenvalue weighted by Crippen LogP contribution is -2.28. The Morgan fingerprint density at radius 1 is 1.15 bits per heavy atom. The molecule has 1 aromatic rings. The van der Waals surface area contributed by atoms with E-state index in [-0.39, 0.29) is 12.4 Å². The molecule has 2 saturated heterocycles. The number of nitrogens with zero attached hydrogens (tertiary/aromatic N) is 1. The molecule has 1 atom stereocenters. The largest absolute Gasteiger partial charge is 0.316 e. The van der Waals surface area contributed by atoms with Crippen LogP contribution in [0.2, 0.25) is 0 Å². The topological polar surface area (TPSA) is 15.3 Å². The van der Waals surface area contributed by atoms with Crippen molar-refractivity contribution < 1.29 is 0 Å². The van der Waals surface area contributed by atoms with Gasteiger partial charge in [-0.15, -0.1) is 12.4 Å². The van der Waals surface area contributed by atoms with Crippen LogP contribution in [0.5, 0.6) is 0 Å². The van der Waals surface area contributed by atoms with Gasteiger partial charge in [-0.1, -0.05) is 24.3 Å². The average Bonchev–Trinajstić information content (AvgIpc) is 3.07. The van der Waals surface area contributed by atoms with Crippen LogP contribution in [0.25, 0.3) is 0 Å². The summed E-state index contributed by atoms with van der Waals surface area (Å²) in [5.74, 6) is 0.883. The van der Waals surface area contributed by atoms with E-state index in [1.807, 2.05) is 0 Å². The molecule has 20 heavy (non-hydrogen) atoms. The molecule has 2 nitrogen and oxygen atoms in total. The van der Waals surface area contributed by atoms with E-state index in [1.54, 1.807) is 5.56 Å². The second-order valence-electron chi connectivity index (χ2n) is 6.90. The van der Waals surface area contributed by atoms with Gasteiger partial charge in [0.2, 0.25) is 0 Å². The Morgan fingerprint density at radius 3 is 2.60 bits per heavy atom. The molecule has 2 aliphatic heterocycles. The zero-order chi connectivity index (χ0) is 12.7. The van der Waals surface area contributed by atoms with Crippen molar-refractivity contribution in [2.45, 2.75) is 38.1 Å². The Labute approximate surface area is 128 Å².